The van der Waals surface area contributed by atoms with Crippen molar-refractivity contribution < 1.29 is 9.90 Å². The Morgan fingerprint density at radius 3 is 2.85 bits per heavy atom. The number of nitrogens with zero attached hydrogens (tertiary/aromatic N) is 2. The summed E-state index contributed by atoms with van der Waals surface area (Å²) in [4.78, 5) is 15.8. The maximum absolute atomic E-state index is 12.1. The molecule has 0 aliphatic carbocycles. The molecule has 1 amide bonds. The van der Waals surface area contributed by atoms with Crippen molar-refractivity contribution in [2.75, 3.05) is 39.8 Å². The number of carbonyl (C=O) groups is 1. The second-order valence-electron chi connectivity index (χ2n) is 4.67. The number of carbonyl (C=O) groups excluding carboxylic acids is 1. The predicted octanol–water partition coefficient (Wildman–Crippen LogP) is 0.374. The highest BCUT2D eigenvalue weighted by Gasteiger charge is 2.17. The Balaban J connectivity index is 1.88. The molecule has 0 aromatic carbocycles. The van der Waals surface area contributed by atoms with Gasteiger partial charge in [-0.3, -0.25) is 10.2 Å². The summed E-state index contributed by atoms with van der Waals surface area (Å²) in [6.45, 7) is 3.67. The highest BCUT2D eigenvalue weighted by Crippen LogP contribution is 2.15. The van der Waals surface area contributed by atoms with E-state index in [1.54, 1.807) is 6.07 Å². The molecule has 1 fully saturated rings. The first kappa shape index (κ1) is 15.0. The molecule has 0 radical (unpaired) electrons. The fourth-order valence-electron chi connectivity index (χ4n) is 1.85. The summed E-state index contributed by atoms with van der Waals surface area (Å²) in [5.41, 5.74) is 2.93. The first-order valence-electron chi connectivity index (χ1n) is 6.63. The molecule has 108 valence electrons. The molecule has 1 aliphatic rings. The Labute approximate surface area is 123 Å². The molecule has 6 heteroatoms. The van der Waals surface area contributed by atoms with Crippen molar-refractivity contribution in [1.82, 2.24) is 15.3 Å². The van der Waals surface area contributed by atoms with Gasteiger partial charge in [-0.05, 0) is 19.2 Å². The van der Waals surface area contributed by atoms with E-state index in [1.807, 2.05) is 11.1 Å². The third-order valence-corrected chi connectivity index (χ3v) is 4.04. The Bertz CT molecular complexity index is 510. The molecule has 0 unspecified atom stereocenters. The number of amides is 1. The smallest absolute Gasteiger partial charge is 0.275 e. The minimum Gasteiger partial charge on any atom is -0.395 e. The summed E-state index contributed by atoms with van der Waals surface area (Å²) >= 11 is 1.38. The molecule has 0 atom stereocenters. The fourth-order valence-corrected chi connectivity index (χ4v) is 2.62. The quantitative estimate of drug-likeness (QED) is 0.791. The molecular weight excluding hydrogens is 274 g/mol. The van der Waals surface area contributed by atoms with Gasteiger partial charge in [0.25, 0.3) is 5.91 Å². The molecule has 20 heavy (non-hydrogen) atoms. The lowest BCUT2D eigenvalue weighted by Gasteiger charge is -2.32. The van der Waals surface area contributed by atoms with Gasteiger partial charge in [0.2, 0.25) is 0 Å². The van der Waals surface area contributed by atoms with Gasteiger partial charge in [0.05, 0.1) is 16.4 Å². The number of hydrogen-bond acceptors (Lipinski definition) is 5. The maximum Gasteiger partial charge on any atom is 0.275 e. The Morgan fingerprint density at radius 2 is 2.15 bits per heavy atom. The number of hydrazine groups is 1. The van der Waals surface area contributed by atoms with E-state index in [0.29, 0.717) is 11.3 Å². The Kier molecular flexibility index (Phi) is 5.56. The average Bonchev–Trinajstić information content (AvgIpc) is 2.91. The van der Waals surface area contributed by atoms with Crippen molar-refractivity contribution in [1.29, 1.82) is 0 Å². The Hall–Kier alpha value is -1.39. The van der Waals surface area contributed by atoms with Gasteiger partial charge in [-0.2, -0.15) is 0 Å². The molecule has 0 spiro atoms. The molecule has 5 nitrogen and oxygen atoms in total. The van der Waals surface area contributed by atoms with Crippen molar-refractivity contribution in [2.45, 2.75) is 6.42 Å². The summed E-state index contributed by atoms with van der Waals surface area (Å²) in [6, 6.07) is 3.63. The summed E-state index contributed by atoms with van der Waals surface area (Å²) in [6.07, 6.45) is 0.459. The minimum absolute atomic E-state index is 0.0646. The number of thiophene rings is 1. The minimum atomic E-state index is -0.0743. The lowest BCUT2D eigenvalue weighted by molar-refractivity contribution is 0.0666. The molecule has 2 rings (SSSR count). The zero-order valence-electron chi connectivity index (χ0n) is 11.6. The maximum atomic E-state index is 12.1. The SMILES string of the molecule is CN1CCN(NC(=O)c2ccc(C#CCCO)s2)CC1. The number of aliphatic hydroxyl groups is 1. The van der Waals surface area contributed by atoms with E-state index >= 15 is 0 Å². The zero-order valence-corrected chi connectivity index (χ0v) is 12.4. The van der Waals surface area contributed by atoms with E-state index in [2.05, 4.69) is 29.2 Å². The van der Waals surface area contributed by atoms with Crippen LogP contribution in [0.1, 0.15) is 21.0 Å². The second kappa shape index (κ2) is 7.41. The number of piperazine rings is 1. The Morgan fingerprint density at radius 1 is 1.40 bits per heavy atom. The van der Waals surface area contributed by atoms with Crippen LogP contribution in [0.25, 0.3) is 0 Å². The van der Waals surface area contributed by atoms with Crippen LogP contribution in [0.5, 0.6) is 0 Å². The molecule has 1 aliphatic heterocycles. The first-order valence-corrected chi connectivity index (χ1v) is 7.45. The van der Waals surface area contributed by atoms with Crippen LogP contribution < -0.4 is 5.43 Å². The number of rotatable bonds is 3. The van der Waals surface area contributed by atoms with Crippen LogP contribution >= 0.6 is 11.3 Å². The molecule has 0 saturated carbocycles. The standard InChI is InChI=1S/C14H19N3O2S/c1-16-7-9-17(10-8-16)15-14(19)13-6-5-12(20-13)4-2-3-11-18/h5-6,18H,3,7-11H2,1H3,(H,15,19). The number of hydrogen-bond donors (Lipinski definition) is 2. The third kappa shape index (κ3) is 4.32. The van der Waals surface area contributed by atoms with E-state index in [1.165, 1.54) is 11.3 Å². The molecule has 2 N–H and O–H groups in total. The van der Waals surface area contributed by atoms with Crippen molar-refractivity contribution in [2.24, 2.45) is 0 Å². The molecule has 1 aromatic rings. The molecule has 0 bridgehead atoms. The van der Waals surface area contributed by atoms with Crippen LogP contribution in [-0.4, -0.2) is 60.8 Å². The number of likely N-dealkylation sites (N-methyl/N-ethyl adjacent to an activating group) is 1. The highest BCUT2D eigenvalue weighted by atomic mass is 32.1. The van der Waals surface area contributed by atoms with Crippen molar-refractivity contribution in [3.05, 3.63) is 21.9 Å². The van der Waals surface area contributed by atoms with E-state index in [4.69, 9.17) is 5.11 Å². The third-order valence-electron chi connectivity index (χ3n) is 3.04. The fraction of sp³-hybridized carbons (Fsp3) is 0.500. The molecule has 2 heterocycles. The van der Waals surface area contributed by atoms with E-state index in [0.717, 1.165) is 31.1 Å². The number of nitrogens with one attached hydrogen (secondary N) is 1. The van der Waals surface area contributed by atoms with Gasteiger partial charge in [-0.15, -0.1) is 11.3 Å². The zero-order chi connectivity index (χ0) is 14.4. The van der Waals surface area contributed by atoms with Gasteiger partial charge in [0.1, 0.15) is 0 Å². The number of aliphatic hydroxyl groups excluding tert-OH is 1. The van der Waals surface area contributed by atoms with Gasteiger partial charge < -0.3 is 10.0 Å². The normalized spacial score (nSPS) is 16.5. The van der Waals surface area contributed by atoms with Crippen LogP contribution in [0.4, 0.5) is 0 Å². The average molecular weight is 293 g/mol. The summed E-state index contributed by atoms with van der Waals surface area (Å²) < 4.78 is 0. The summed E-state index contributed by atoms with van der Waals surface area (Å²) in [7, 11) is 2.08. The molecular formula is C14H19N3O2S. The van der Waals surface area contributed by atoms with Gasteiger partial charge in [0.15, 0.2) is 0 Å². The lowest BCUT2D eigenvalue weighted by atomic mass is 10.3. The van der Waals surface area contributed by atoms with Crippen LogP contribution in [0.2, 0.25) is 0 Å². The topological polar surface area (TPSA) is 55.8 Å². The highest BCUT2D eigenvalue weighted by molar-refractivity contribution is 7.14. The van der Waals surface area contributed by atoms with Gasteiger partial charge in [-0.1, -0.05) is 11.8 Å². The lowest BCUT2D eigenvalue weighted by Crippen LogP contribution is -2.52. The van der Waals surface area contributed by atoms with Crippen LogP contribution in [0, 0.1) is 11.8 Å². The van der Waals surface area contributed by atoms with Gasteiger partial charge in [0, 0.05) is 32.6 Å². The van der Waals surface area contributed by atoms with Gasteiger partial charge in [-0.25, -0.2) is 5.01 Å². The van der Waals surface area contributed by atoms with E-state index < -0.39 is 0 Å². The van der Waals surface area contributed by atoms with Crippen molar-refractivity contribution in [3.63, 3.8) is 0 Å². The van der Waals surface area contributed by atoms with Crippen LogP contribution in [0.15, 0.2) is 12.1 Å². The first-order chi connectivity index (χ1) is 9.69. The summed E-state index contributed by atoms with van der Waals surface area (Å²) in [5, 5.41) is 10.6. The van der Waals surface area contributed by atoms with Crippen LogP contribution in [-0.2, 0) is 0 Å². The van der Waals surface area contributed by atoms with Crippen molar-refractivity contribution in [3.8, 4) is 11.8 Å². The monoisotopic (exact) mass is 293 g/mol. The van der Waals surface area contributed by atoms with Crippen LogP contribution in [0.3, 0.4) is 0 Å². The largest absolute Gasteiger partial charge is 0.395 e. The predicted molar refractivity (Wildman–Crippen MR) is 79.4 cm³/mol. The van der Waals surface area contributed by atoms with Gasteiger partial charge >= 0.3 is 0 Å². The van der Waals surface area contributed by atoms with Crippen molar-refractivity contribution >= 4 is 17.2 Å². The summed E-state index contributed by atoms with van der Waals surface area (Å²) in [5.74, 6) is 5.72. The van der Waals surface area contributed by atoms with E-state index in [-0.39, 0.29) is 12.5 Å². The molecule has 1 aromatic heterocycles. The van der Waals surface area contributed by atoms with E-state index in [9.17, 15) is 4.79 Å². The molecule has 1 saturated heterocycles. The second-order valence-corrected chi connectivity index (χ2v) is 5.75.